The second kappa shape index (κ2) is 6.73. The largest absolute Gasteiger partial charge is 0.419 e. The van der Waals surface area contributed by atoms with Gasteiger partial charge in [0.25, 0.3) is 0 Å². The van der Waals surface area contributed by atoms with Gasteiger partial charge in [0.2, 0.25) is 11.8 Å². The first kappa shape index (κ1) is 15.4. The van der Waals surface area contributed by atoms with E-state index in [1.165, 1.54) is 4.88 Å². The molecule has 6 heteroatoms. The van der Waals surface area contributed by atoms with Crippen molar-refractivity contribution in [2.24, 2.45) is 0 Å². The molecule has 0 amide bonds. The Labute approximate surface area is 141 Å². The average molecular weight is 378 g/mol. The second-order valence-corrected chi connectivity index (χ2v) is 6.92. The summed E-state index contributed by atoms with van der Waals surface area (Å²) in [6, 6.07) is 12.4. The fourth-order valence-corrected chi connectivity index (χ4v) is 3.46. The van der Waals surface area contributed by atoms with E-state index in [1.54, 1.807) is 11.3 Å². The fourth-order valence-electron chi connectivity index (χ4n) is 2.16. The van der Waals surface area contributed by atoms with Crippen LogP contribution >= 0.6 is 27.3 Å². The van der Waals surface area contributed by atoms with E-state index in [9.17, 15) is 0 Å². The summed E-state index contributed by atoms with van der Waals surface area (Å²) < 4.78 is 6.75. The lowest BCUT2D eigenvalue weighted by atomic mass is 10.2. The fraction of sp³-hybridized carbons (Fsp3) is 0.250. The van der Waals surface area contributed by atoms with E-state index < -0.39 is 0 Å². The topological polar surface area (TPSA) is 42.2 Å². The van der Waals surface area contributed by atoms with Gasteiger partial charge in [-0.3, -0.25) is 4.90 Å². The van der Waals surface area contributed by atoms with Gasteiger partial charge in [-0.2, -0.15) is 0 Å². The van der Waals surface area contributed by atoms with Gasteiger partial charge in [0.15, 0.2) is 0 Å². The van der Waals surface area contributed by atoms with Gasteiger partial charge in [-0.1, -0.05) is 18.2 Å². The molecular formula is C16H16BrN3OS. The molecule has 1 unspecified atom stereocenters. The van der Waals surface area contributed by atoms with E-state index in [-0.39, 0.29) is 0 Å². The van der Waals surface area contributed by atoms with Gasteiger partial charge in [-0.05, 0) is 53.5 Å². The van der Waals surface area contributed by atoms with Crippen LogP contribution in [0.5, 0.6) is 0 Å². The summed E-state index contributed by atoms with van der Waals surface area (Å²) in [5, 5.41) is 10.4. The molecule has 0 N–H and O–H groups in total. The van der Waals surface area contributed by atoms with Crippen LogP contribution in [0.15, 0.2) is 50.7 Å². The first-order chi connectivity index (χ1) is 10.6. The summed E-state index contributed by atoms with van der Waals surface area (Å²) >= 11 is 5.27. The molecule has 3 rings (SSSR count). The van der Waals surface area contributed by atoms with Crippen molar-refractivity contribution in [1.82, 2.24) is 15.1 Å². The summed E-state index contributed by atoms with van der Waals surface area (Å²) in [4.78, 5) is 3.52. The van der Waals surface area contributed by atoms with E-state index in [2.05, 4.69) is 62.5 Å². The minimum Gasteiger partial charge on any atom is -0.419 e. The molecule has 1 atom stereocenters. The van der Waals surface area contributed by atoms with Crippen molar-refractivity contribution in [2.45, 2.75) is 19.5 Å². The molecule has 0 fully saturated rings. The lowest BCUT2D eigenvalue weighted by molar-refractivity contribution is 0.231. The van der Waals surface area contributed by atoms with Gasteiger partial charge in [-0.25, -0.2) is 0 Å². The maximum Gasteiger partial charge on any atom is 0.248 e. The maximum atomic E-state index is 5.80. The molecule has 0 saturated heterocycles. The summed E-state index contributed by atoms with van der Waals surface area (Å²) in [5.41, 5.74) is 0.912. The minimum atomic E-state index is 0.318. The van der Waals surface area contributed by atoms with Crippen LogP contribution in [0.4, 0.5) is 0 Å². The molecule has 0 aliphatic heterocycles. The zero-order chi connectivity index (χ0) is 15.5. The lowest BCUT2D eigenvalue weighted by Crippen LogP contribution is -2.21. The van der Waals surface area contributed by atoms with E-state index in [1.807, 2.05) is 24.3 Å². The highest BCUT2D eigenvalue weighted by molar-refractivity contribution is 9.10. The monoisotopic (exact) mass is 377 g/mol. The van der Waals surface area contributed by atoms with Crippen LogP contribution in [0.3, 0.4) is 0 Å². The number of hydrogen-bond donors (Lipinski definition) is 0. The zero-order valence-corrected chi connectivity index (χ0v) is 14.8. The molecule has 0 aliphatic carbocycles. The van der Waals surface area contributed by atoms with Crippen molar-refractivity contribution in [3.8, 4) is 11.5 Å². The quantitative estimate of drug-likeness (QED) is 0.642. The van der Waals surface area contributed by atoms with E-state index in [0.717, 1.165) is 10.0 Å². The molecule has 4 nitrogen and oxygen atoms in total. The number of aromatic nitrogens is 2. The highest BCUT2D eigenvalue weighted by Gasteiger charge is 2.17. The van der Waals surface area contributed by atoms with E-state index in [0.29, 0.717) is 24.4 Å². The predicted molar refractivity (Wildman–Crippen MR) is 91.6 cm³/mol. The number of benzene rings is 1. The van der Waals surface area contributed by atoms with Crippen molar-refractivity contribution in [3.63, 3.8) is 0 Å². The van der Waals surface area contributed by atoms with Crippen LogP contribution in [0.1, 0.15) is 23.7 Å². The van der Waals surface area contributed by atoms with Crippen molar-refractivity contribution < 1.29 is 4.42 Å². The molecule has 22 heavy (non-hydrogen) atoms. The third-order valence-electron chi connectivity index (χ3n) is 3.57. The van der Waals surface area contributed by atoms with Gasteiger partial charge >= 0.3 is 0 Å². The molecule has 114 valence electrons. The zero-order valence-electron chi connectivity index (χ0n) is 12.4. The van der Waals surface area contributed by atoms with Crippen LogP contribution in [0, 0.1) is 0 Å². The van der Waals surface area contributed by atoms with Crippen LogP contribution in [-0.2, 0) is 6.54 Å². The molecule has 0 saturated carbocycles. The molecule has 0 aliphatic rings. The van der Waals surface area contributed by atoms with Gasteiger partial charge in [-0.15, -0.1) is 21.5 Å². The Bertz CT molecular complexity index is 741. The van der Waals surface area contributed by atoms with E-state index in [4.69, 9.17) is 4.42 Å². The van der Waals surface area contributed by atoms with Gasteiger partial charge in [0.05, 0.1) is 12.1 Å². The molecule has 3 aromatic rings. The number of hydrogen-bond acceptors (Lipinski definition) is 5. The Morgan fingerprint density at radius 2 is 2.05 bits per heavy atom. The lowest BCUT2D eigenvalue weighted by Gasteiger charge is -2.21. The number of thiophene rings is 1. The summed E-state index contributed by atoms with van der Waals surface area (Å²) in [5.74, 6) is 1.16. The third kappa shape index (κ3) is 3.29. The summed E-state index contributed by atoms with van der Waals surface area (Å²) in [7, 11) is 2.06. The van der Waals surface area contributed by atoms with Crippen LogP contribution in [-0.4, -0.2) is 22.1 Å². The Kier molecular flexibility index (Phi) is 4.71. The maximum absolute atomic E-state index is 5.80. The van der Waals surface area contributed by atoms with Gasteiger partial charge < -0.3 is 4.42 Å². The van der Waals surface area contributed by atoms with Crippen molar-refractivity contribution >= 4 is 27.3 Å². The van der Waals surface area contributed by atoms with Gasteiger partial charge in [0.1, 0.15) is 0 Å². The summed E-state index contributed by atoms with van der Waals surface area (Å²) in [6.07, 6.45) is 0. The van der Waals surface area contributed by atoms with Crippen LogP contribution in [0.25, 0.3) is 11.5 Å². The number of rotatable bonds is 5. The minimum absolute atomic E-state index is 0.318. The predicted octanol–water partition coefficient (Wildman–Crippen LogP) is 4.75. The molecule has 0 radical (unpaired) electrons. The van der Waals surface area contributed by atoms with E-state index >= 15 is 0 Å². The number of halogens is 1. The van der Waals surface area contributed by atoms with Crippen molar-refractivity contribution in [1.29, 1.82) is 0 Å². The Balaban J connectivity index is 1.73. The normalized spacial score (nSPS) is 12.7. The molecule has 1 aromatic carbocycles. The Morgan fingerprint density at radius 1 is 1.23 bits per heavy atom. The second-order valence-electron chi connectivity index (χ2n) is 5.09. The third-order valence-corrected chi connectivity index (χ3v) is 5.31. The number of nitrogens with zero attached hydrogens (tertiary/aromatic N) is 3. The average Bonchev–Trinajstić information content (AvgIpc) is 3.18. The molecule has 2 heterocycles. The summed E-state index contributed by atoms with van der Waals surface area (Å²) in [6.45, 7) is 2.80. The molecule has 0 bridgehead atoms. The molecule has 0 spiro atoms. The first-order valence-electron chi connectivity index (χ1n) is 6.96. The van der Waals surface area contributed by atoms with Crippen molar-refractivity contribution in [2.75, 3.05) is 7.05 Å². The smallest absolute Gasteiger partial charge is 0.248 e. The molecule has 2 aromatic heterocycles. The first-order valence-corrected chi connectivity index (χ1v) is 8.63. The highest BCUT2D eigenvalue weighted by atomic mass is 79.9. The van der Waals surface area contributed by atoms with Crippen molar-refractivity contribution in [3.05, 3.63) is 57.0 Å². The van der Waals surface area contributed by atoms with Crippen LogP contribution in [0.2, 0.25) is 0 Å². The Hall–Kier alpha value is -1.50. The molecular weight excluding hydrogens is 362 g/mol. The van der Waals surface area contributed by atoms with Crippen LogP contribution < -0.4 is 0 Å². The highest BCUT2D eigenvalue weighted by Crippen LogP contribution is 2.28. The standard InChI is InChI=1S/C16H16BrN3OS/c1-11(14-8-5-9-22-14)20(2)10-15-18-19-16(21-15)12-6-3-4-7-13(12)17/h3-9,11H,10H2,1-2H3. The van der Waals surface area contributed by atoms with Gasteiger partial charge in [0, 0.05) is 15.4 Å². The Morgan fingerprint density at radius 3 is 2.77 bits per heavy atom. The SMILES string of the molecule is CC(c1cccs1)N(C)Cc1nnc(-c2ccccc2Br)o1.